The van der Waals surface area contributed by atoms with Gasteiger partial charge in [-0.1, -0.05) is 12.1 Å². The Labute approximate surface area is 145 Å². The van der Waals surface area contributed by atoms with Crippen LogP contribution in [0.2, 0.25) is 0 Å². The SMILES string of the molecule is CN(CC(=O)Nc1cccc(S(C)(=O)=O)c1)Cc1ccc(F)cc1F. The van der Waals surface area contributed by atoms with Crippen LogP contribution in [0.4, 0.5) is 14.5 Å². The molecule has 0 saturated heterocycles. The minimum Gasteiger partial charge on any atom is -0.325 e. The van der Waals surface area contributed by atoms with Gasteiger partial charge in [-0.2, -0.15) is 0 Å². The van der Waals surface area contributed by atoms with Crippen LogP contribution in [0.5, 0.6) is 0 Å². The molecular formula is C17H18F2N2O3S. The largest absolute Gasteiger partial charge is 0.325 e. The van der Waals surface area contributed by atoms with Crippen molar-refractivity contribution >= 4 is 21.4 Å². The summed E-state index contributed by atoms with van der Waals surface area (Å²) < 4.78 is 49.6. The van der Waals surface area contributed by atoms with Crippen molar-refractivity contribution in [3.8, 4) is 0 Å². The summed E-state index contributed by atoms with van der Waals surface area (Å²) in [5.74, 6) is -1.71. The van der Waals surface area contributed by atoms with Gasteiger partial charge < -0.3 is 5.32 Å². The third kappa shape index (κ3) is 5.61. The number of carbonyl (C=O) groups is 1. The van der Waals surface area contributed by atoms with E-state index in [-0.39, 0.29) is 29.5 Å². The molecule has 0 aromatic heterocycles. The van der Waals surface area contributed by atoms with E-state index in [0.29, 0.717) is 5.69 Å². The smallest absolute Gasteiger partial charge is 0.238 e. The number of rotatable bonds is 6. The highest BCUT2D eigenvalue weighted by molar-refractivity contribution is 7.90. The molecule has 0 spiro atoms. The first-order valence-corrected chi connectivity index (χ1v) is 9.27. The molecule has 134 valence electrons. The number of anilines is 1. The monoisotopic (exact) mass is 368 g/mol. The molecule has 0 fully saturated rings. The van der Waals surface area contributed by atoms with Crippen molar-refractivity contribution in [3.63, 3.8) is 0 Å². The summed E-state index contributed by atoms with van der Waals surface area (Å²) in [6.07, 6.45) is 1.08. The lowest BCUT2D eigenvalue weighted by Crippen LogP contribution is -2.30. The number of sulfone groups is 1. The van der Waals surface area contributed by atoms with Crippen molar-refractivity contribution in [2.75, 3.05) is 25.2 Å². The first kappa shape index (κ1) is 19.0. The Morgan fingerprint density at radius 1 is 1.16 bits per heavy atom. The molecule has 0 aliphatic heterocycles. The maximum Gasteiger partial charge on any atom is 0.238 e. The fraction of sp³-hybridized carbons (Fsp3) is 0.235. The maximum atomic E-state index is 13.6. The fourth-order valence-electron chi connectivity index (χ4n) is 2.25. The van der Waals surface area contributed by atoms with E-state index in [1.54, 1.807) is 18.0 Å². The molecule has 25 heavy (non-hydrogen) atoms. The first-order chi connectivity index (χ1) is 11.6. The lowest BCUT2D eigenvalue weighted by atomic mass is 10.2. The Balaban J connectivity index is 1.98. The van der Waals surface area contributed by atoms with E-state index in [0.717, 1.165) is 18.4 Å². The Hall–Kier alpha value is -2.32. The van der Waals surface area contributed by atoms with Crippen LogP contribution in [0.15, 0.2) is 47.4 Å². The number of carbonyl (C=O) groups excluding carboxylic acids is 1. The van der Waals surface area contributed by atoms with E-state index in [1.165, 1.54) is 24.3 Å². The molecule has 0 atom stereocenters. The second-order valence-corrected chi connectivity index (χ2v) is 7.77. The zero-order valence-electron chi connectivity index (χ0n) is 13.8. The molecule has 0 aliphatic carbocycles. The number of halogens is 2. The predicted molar refractivity (Wildman–Crippen MR) is 90.9 cm³/mol. The molecule has 2 rings (SSSR count). The zero-order valence-corrected chi connectivity index (χ0v) is 14.6. The van der Waals surface area contributed by atoms with Crippen LogP contribution in [-0.4, -0.2) is 39.1 Å². The predicted octanol–water partition coefficient (Wildman–Crippen LogP) is 2.44. The topological polar surface area (TPSA) is 66.5 Å². The summed E-state index contributed by atoms with van der Waals surface area (Å²) in [6, 6.07) is 9.19. The number of nitrogens with one attached hydrogen (secondary N) is 1. The van der Waals surface area contributed by atoms with Gasteiger partial charge in [0.05, 0.1) is 11.4 Å². The summed E-state index contributed by atoms with van der Waals surface area (Å²) in [5, 5.41) is 2.60. The molecule has 1 amide bonds. The number of likely N-dealkylation sites (N-methyl/N-ethyl adjacent to an activating group) is 1. The van der Waals surface area contributed by atoms with Gasteiger partial charge in [0.15, 0.2) is 9.84 Å². The third-order valence-corrected chi connectivity index (χ3v) is 4.53. The Morgan fingerprint density at radius 2 is 1.88 bits per heavy atom. The van der Waals surface area contributed by atoms with Crippen molar-refractivity contribution in [2.45, 2.75) is 11.4 Å². The lowest BCUT2D eigenvalue weighted by molar-refractivity contribution is -0.117. The molecule has 0 bridgehead atoms. The van der Waals surface area contributed by atoms with E-state index < -0.39 is 21.5 Å². The normalized spacial score (nSPS) is 11.6. The second-order valence-electron chi connectivity index (χ2n) is 5.76. The van der Waals surface area contributed by atoms with E-state index in [9.17, 15) is 22.0 Å². The average Bonchev–Trinajstić information content (AvgIpc) is 2.49. The minimum atomic E-state index is -3.37. The summed E-state index contributed by atoms with van der Waals surface area (Å²) in [4.78, 5) is 13.7. The summed E-state index contributed by atoms with van der Waals surface area (Å²) in [6.45, 7) is 0.0861. The lowest BCUT2D eigenvalue weighted by Gasteiger charge is -2.17. The van der Waals surface area contributed by atoms with Gasteiger partial charge in [0.25, 0.3) is 0 Å². The van der Waals surface area contributed by atoms with Crippen LogP contribution in [0.3, 0.4) is 0 Å². The molecule has 5 nitrogen and oxygen atoms in total. The highest BCUT2D eigenvalue weighted by Crippen LogP contribution is 2.15. The van der Waals surface area contributed by atoms with E-state index in [4.69, 9.17) is 0 Å². The number of hydrogen-bond acceptors (Lipinski definition) is 4. The number of amides is 1. The Bertz CT molecular complexity index is 885. The van der Waals surface area contributed by atoms with Crippen molar-refractivity contribution < 1.29 is 22.0 Å². The van der Waals surface area contributed by atoms with Crippen LogP contribution in [0.1, 0.15) is 5.56 Å². The molecule has 0 unspecified atom stereocenters. The van der Waals surface area contributed by atoms with Gasteiger partial charge >= 0.3 is 0 Å². The number of nitrogens with zero attached hydrogens (tertiary/aromatic N) is 1. The van der Waals surface area contributed by atoms with E-state index >= 15 is 0 Å². The van der Waals surface area contributed by atoms with Crippen molar-refractivity contribution in [1.82, 2.24) is 4.90 Å². The standard InChI is InChI=1S/C17H18F2N2O3S/c1-21(10-12-6-7-13(18)8-16(12)19)11-17(22)20-14-4-3-5-15(9-14)25(2,23)24/h3-9H,10-11H2,1-2H3,(H,20,22). The molecule has 0 heterocycles. The van der Waals surface area contributed by atoms with Crippen molar-refractivity contribution in [1.29, 1.82) is 0 Å². The average molecular weight is 368 g/mol. The van der Waals surface area contributed by atoms with Gasteiger partial charge in [-0.15, -0.1) is 0 Å². The maximum absolute atomic E-state index is 13.6. The highest BCUT2D eigenvalue weighted by atomic mass is 32.2. The summed E-state index contributed by atoms with van der Waals surface area (Å²) in [7, 11) is -1.75. The van der Waals surface area contributed by atoms with Crippen LogP contribution in [-0.2, 0) is 21.2 Å². The molecule has 2 aromatic carbocycles. The van der Waals surface area contributed by atoms with Gasteiger partial charge in [0, 0.05) is 30.1 Å². The summed E-state index contributed by atoms with van der Waals surface area (Å²) in [5.41, 5.74) is 0.630. The van der Waals surface area contributed by atoms with Gasteiger partial charge in [-0.3, -0.25) is 9.69 Å². The van der Waals surface area contributed by atoms with Crippen LogP contribution < -0.4 is 5.32 Å². The van der Waals surface area contributed by atoms with E-state index in [1.807, 2.05) is 0 Å². The molecule has 2 aromatic rings. The molecule has 0 aliphatic rings. The fourth-order valence-corrected chi connectivity index (χ4v) is 2.91. The van der Waals surface area contributed by atoms with Gasteiger partial charge in [-0.05, 0) is 31.3 Å². The molecule has 0 radical (unpaired) electrons. The first-order valence-electron chi connectivity index (χ1n) is 7.37. The quantitative estimate of drug-likeness (QED) is 0.851. The summed E-state index contributed by atoms with van der Waals surface area (Å²) >= 11 is 0. The van der Waals surface area contributed by atoms with Gasteiger partial charge in [-0.25, -0.2) is 17.2 Å². The van der Waals surface area contributed by atoms with Gasteiger partial charge in [0.2, 0.25) is 5.91 Å². The second kappa shape index (κ2) is 7.71. The molecular weight excluding hydrogens is 350 g/mol. The van der Waals surface area contributed by atoms with Crippen LogP contribution in [0.25, 0.3) is 0 Å². The third-order valence-electron chi connectivity index (χ3n) is 3.41. The van der Waals surface area contributed by atoms with Crippen molar-refractivity contribution in [3.05, 3.63) is 59.7 Å². The molecule has 1 N–H and O–H groups in total. The van der Waals surface area contributed by atoms with Crippen LogP contribution in [0, 0.1) is 11.6 Å². The molecule has 8 heteroatoms. The highest BCUT2D eigenvalue weighted by Gasteiger charge is 2.12. The minimum absolute atomic E-state index is 0.0417. The van der Waals surface area contributed by atoms with Crippen LogP contribution >= 0.6 is 0 Å². The molecule has 0 saturated carbocycles. The number of hydrogen-bond donors (Lipinski definition) is 1. The Kier molecular flexibility index (Phi) is 5.86. The number of benzene rings is 2. The van der Waals surface area contributed by atoms with Crippen molar-refractivity contribution in [2.24, 2.45) is 0 Å². The van der Waals surface area contributed by atoms with E-state index in [2.05, 4.69) is 5.32 Å². The van der Waals surface area contributed by atoms with Gasteiger partial charge in [0.1, 0.15) is 11.6 Å². The Morgan fingerprint density at radius 3 is 2.52 bits per heavy atom. The zero-order chi connectivity index (χ0) is 18.6.